The molecule has 2 N–H and O–H groups in total. The number of hydrogen-bond acceptors (Lipinski definition) is 3. The number of amides is 1. The molecule has 5 nitrogen and oxygen atoms in total. The molecule has 1 fully saturated rings. The number of rotatable bonds is 2. The molecule has 1 aromatic heterocycles. The zero-order valence-electron chi connectivity index (χ0n) is 11.3. The maximum absolute atomic E-state index is 12.3. The molecule has 0 spiro atoms. The number of hydrogen-bond donors (Lipinski definition) is 2. The lowest BCUT2D eigenvalue weighted by Gasteiger charge is -2.18. The summed E-state index contributed by atoms with van der Waals surface area (Å²) in [5.41, 5.74) is 1.40. The Labute approximate surface area is 117 Å². The number of aromatic nitrogens is 2. The predicted octanol–water partition coefficient (Wildman–Crippen LogP) is 1.67. The van der Waals surface area contributed by atoms with Crippen molar-refractivity contribution in [3.63, 3.8) is 0 Å². The van der Waals surface area contributed by atoms with E-state index >= 15 is 0 Å². The van der Waals surface area contributed by atoms with E-state index < -0.39 is 5.60 Å². The smallest absolute Gasteiger partial charge is 0.271 e. The zero-order chi connectivity index (χ0) is 14.2. The molecule has 1 unspecified atom stereocenters. The van der Waals surface area contributed by atoms with Gasteiger partial charge in [0.15, 0.2) is 0 Å². The summed E-state index contributed by atoms with van der Waals surface area (Å²) < 4.78 is 0. The van der Waals surface area contributed by atoms with Crippen molar-refractivity contribution in [2.24, 2.45) is 0 Å². The summed E-state index contributed by atoms with van der Waals surface area (Å²) in [4.78, 5) is 14.0. The van der Waals surface area contributed by atoms with E-state index in [1.807, 2.05) is 30.3 Å². The minimum absolute atomic E-state index is 0.113. The first-order valence-electron chi connectivity index (χ1n) is 6.68. The van der Waals surface area contributed by atoms with Crippen LogP contribution >= 0.6 is 0 Å². The highest BCUT2D eigenvalue weighted by atomic mass is 16.3. The second kappa shape index (κ2) is 4.76. The van der Waals surface area contributed by atoms with E-state index in [1.54, 1.807) is 17.9 Å². The molecular formula is C15H17N3O2. The number of carbonyl (C=O) groups is 1. The number of aromatic amines is 1. The van der Waals surface area contributed by atoms with Crippen LogP contribution in [0.2, 0.25) is 0 Å². The van der Waals surface area contributed by atoms with Crippen LogP contribution in [0.1, 0.15) is 23.8 Å². The van der Waals surface area contributed by atoms with Crippen LogP contribution in [0.15, 0.2) is 36.4 Å². The normalized spacial score (nSPS) is 22.2. The number of likely N-dealkylation sites (tertiary alicyclic amines) is 1. The number of nitrogens with one attached hydrogen (secondary N) is 1. The first-order chi connectivity index (χ1) is 9.55. The highest BCUT2D eigenvalue weighted by Gasteiger charge is 2.34. The molecule has 0 bridgehead atoms. The Kier molecular flexibility index (Phi) is 3.06. The van der Waals surface area contributed by atoms with Crippen molar-refractivity contribution in [1.29, 1.82) is 0 Å². The van der Waals surface area contributed by atoms with Gasteiger partial charge in [-0.25, -0.2) is 0 Å². The van der Waals surface area contributed by atoms with Gasteiger partial charge in [-0.2, -0.15) is 5.10 Å². The maximum atomic E-state index is 12.3. The standard InChI is InChI=1S/C15H17N3O2/c1-15(20)7-8-18(10-15)14(19)13-9-12(16-17-13)11-5-3-2-4-6-11/h2-6,9,20H,7-8,10H2,1H3,(H,16,17). The van der Waals surface area contributed by atoms with E-state index in [2.05, 4.69) is 10.2 Å². The number of H-pyrrole nitrogens is 1. The monoisotopic (exact) mass is 271 g/mol. The number of benzene rings is 1. The topological polar surface area (TPSA) is 69.2 Å². The number of aliphatic hydroxyl groups is 1. The van der Waals surface area contributed by atoms with E-state index in [1.165, 1.54) is 0 Å². The Hall–Kier alpha value is -2.14. The fraction of sp³-hybridized carbons (Fsp3) is 0.333. The first kappa shape index (κ1) is 12.9. The van der Waals surface area contributed by atoms with E-state index in [-0.39, 0.29) is 5.91 Å². The summed E-state index contributed by atoms with van der Waals surface area (Å²) in [5.74, 6) is -0.113. The molecule has 0 aliphatic carbocycles. The van der Waals surface area contributed by atoms with E-state index in [0.29, 0.717) is 25.2 Å². The van der Waals surface area contributed by atoms with Gasteiger partial charge in [0.2, 0.25) is 0 Å². The van der Waals surface area contributed by atoms with Crippen LogP contribution in [0.3, 0.4) is 0 Å². The van der Waals surface area contributed by atoms with Crippen molar-refractivity contribution in [2.75, 3.05) is 13.1 Å². The van der Waals surface area contributed by atoms with Crippen LogP contribution < -0.4 is 0 Å². The molecule has 1 amide bonds. The van der Waals surface area contributed by atoms with Crippen molar-refractivity contribution >= 4 is 5.91 Å². The Morgan fingerprint density at radius 3 is 2.80 bits per heavy atom. The third-order valence-electron chi connectivity index (χ3n) is 3.62. The Morgan fingerprint density at radius 2 is 2.15 bits per heavy atom. The molecule has 1 aliphatic rings. The summed E-state index contributed by atoms with van der Waals surface area (Å²) in [6.45, 7) is 2.69. The average molecular weight is 271 g/mol. The summed E-state index contributed by atoms with van der Waals surface area (Å²) >= 11 is 0. The molecule has 0 radical (unpaired) electrons. The maximum Gasteiger partial charge on any atom is 0.271 e. The Morgan fingerprint density at radius 1 is 1.40 bits per heavy atom. The average Bonchev–Trinajstić information content (AvgIpc) is 3.05. The van der Waals surface area contributed by atoms with Gasteiger partial charge < -0.3 is 10.0 Å². The van der Waals surface area contributed by atoms with Gasteiger partial charge >= 0.3 is 0 Å². The van der Waals surface area contributed by atoms with Crippen molar-refractivity contribution in [1.82, 2.24) is 15.1 Å². The second-order valence-electron chi connectivity index (χ2n) is 5.51. The van der Waals surface area contributed by atoms with Crippen LogP contribution in [-0.4, -0.2) is 44.8 Å². The van der Waals surface area contributed by atoms with Crippen molar-refractivity contribution < 1.29 is 9.90 Å². The summed E-state index contributed by atoms with van der Waals surface area (Å²) in [6.07, 6.45) is 0.610. The highest BCUT2D eigenvalue weighted by molar-refractivity contribution is 5.93. The lowest BCUT2D eigenvalue weighted by atomic mass is 10.1. The Bertz CT molecular complexity index is 619. The van der Waals surface area contributed by atoms with Crippen LogP contribution in [0.5, 0.6) is 0 Å². The lowest BCUT2D eigenvalue weighted by molar-refractivity contribution is 0.0569. The zero-order valence-corrected chi connectivity index (χ0v) is 11.3. The van der Waals surface area contributed by atoms with Gasteiger partial charge in [0.1, 0.15) is 5.69 Å². The van der Waals surface area contributed by atoms with Gasteiger partial charge in [-0.15, -0.1) is 0 Å². The summed E-state index contributed by atoms with van der Waals surface area (Å²) in [5, 5.41) is 16.9. The van der Waals surface area contributed by atoms with E-state index in [4.69, 9.17) is 0 Å². The first-order valence-corrected chi connectivity index (χ1v) is 6.68. The lowest BCUT2D eigenvalue weighted by Crippen LogP contribution is -2.34. The molecule has 0 saturated carbocycles. The predicted molar refractivity (Wildman–Crippen MR) is 75.2 cm³/mol. The third-order valence-corrected chi connectivity index (χ3v) is 3.62. The highest BCUT2D eigenvalue weighted by Crippen LogP contribution is 2.23. The summed E-state index contributed by atoms with van der Waals surface area (Å²) in [6, 6.07) is 11.5. The van der Waals surface area contributed by atoms with Gasteiger partial charge in [-0.1, -0.05) is 30.3 Å². The van der Waals surface area contributed by atoms with Crippen LogP contribution in [0.4, 0.5) is 0 Å². The summed E-state index contributed by atoms with van der Waals surface area (Å²) in [7, 11) is 0. The van der Waals surface area contributed by atoms with Gasteiger partial charge in [-0.3, -0.25) is 9.89 Å². The molecular weight excluding hydrogens is 254 g/mol. The van der Waals surface area contributed by atoms with Gasteiger partial charge in [0, 0.05) is 18.7 Å². The molecule has 1 aromatic carbocycles. The fourth-order valence-electron chi connectivity index (χ4n) is 2.48. The van der Waals surface area contributed by atoms with Gasteiger partial charge in [0.05, 0.1) is 11.3 Å². The second-order valence-corrected chi connectivity index (χ2v) is 5.51. The molecule has 20 heavy (non-hydrogen) atoms. The van der Waals surface area contributed by atoms with Gasteiger partial charge in [0.25, 0.3) is 5.91 Å². The minimum Gasteiger partial charge on any atom is -0.388 e. The number of carbonyl (C=O) groups excluding carboxylic acids is 1. The third kappa shape index (κ3) is 2.44. The molecule has 1 atom stereocenters. The van der Waals surface area contributed by atoms with Crippen LogP contribution in [0.25, 0.3) is 11.3 Å². The van der Waals surface area contributed by atoms with Crippen molar-refractivity contribution in [3.8, 4) is 11.3 Å². The molecule has 104 valence electrons. The quantitative estimate of drug-likeness (QED) is 0.873. The largest absolute Gasteiger partial charge is 0.388 e. The molecule has 1 saturated heterocycles. The molecule has 2 aromatic rings. The van der Waals surface area contributed by atoms with Crippen molar-refractivity contribution in [2.45, 2.75) is 18.9 Å². The molecule has 1 aliphatic heterocycles. The fourth-order valence-corrected chi connectivity index (χ4v) is 2.48. The number of nitrogens with zero attached hydrogens (tertiary/aromatic N) is 2. The minimum atomic E-state index is -0.780. The van der Waals surface area contributed by atoms with E-state index in [9.17, 15) is 9.90 Å². The number of β-amino-alcohol motifs (C(OH)–C–C–N with tert-alkyl or cyclic N) is 1. The molecule has 2 heterocycles. The Balaban J connectivity index is 1.79. The SMILES string of the molecule is CC1(O)CCN(C(=O)c2cc(-c3ccccc3)n[nH]2)C1. The van der Waals surface area contributed by atoms with Crippen LogP contribution in [0, 0.1) is 0 Å². The molecule has 3 rings (SSSR count). The van der Waals surface area contributed by atoms with Gasteiger partial charge in [-0.05, 0) is 19.4 Å². The van der Waals surface area contributed by atoms with Crippen molar-refractivity contribution in [3.05, 3.63) is 42.1 Å². The van der Waals surface area contributed by atoms with Crippen LogP contribution in [-0.2, 0) is 0 Å². The van der Waals surface area contributed by atoms with E-state index in [0.717, 1.165) is 11.3 Å². The molecule has 5 heteroatoms.